The summed E-state index contributed by atoms with van der Waals surface area (Å²) in [7, 11) is -13.5. The van der Waals surface area contributed by atoms with Crippen molar-refractivity contribution in [3.05, 3.63) is 60.2 Å². The zero-order valence-corrected chi connectivity index (χ0v) is 32.8. The largest absolute Gasteiger partial charge is 0.450 e. The van der Waals surface area contributed by atoms with Crippen LogP contribution in [0.3, 0.4) is 0 Å². The summed E-state index contributed by atoms with van der Waals surface area (Å²) in [6.07, 6.45) is 5.59. The summed E-state index contributed by atoms with van der Waals surface area (Å²) in [5, 5.41) is 14.1. The average molecular weight is 820 g/mol. The van der Waals surface area contributed by atoms with Crippen LogP contribution in [-0.4, -0.2) is 101 Å². The van der Waals surface area contributed by atoms with Crippen LogP contribution in [0, 0.1) is 17.8 Å². The van der Waals surface area contributed by atoms with Gasteiger partial charge in [0.2, 0.25) is 5.91 Å². The Bertz CT molecular complexity index is 1630. The molecule has 3 heterocycles. The van der Waals surface area contributed by atoms with Gasteiger partial charge in [-0.15, -0.1) is 0 Å². The third-order valence-corrected chi connectivity index (χ3v) is 16.5. The van der Waals surface area contributed by atoms with Crippen LogP contribution in [0.1, 0.15) is 68.4 Å². The van der Waals surface area contributed by atoms with Crippen molar-refractivity contribution in [1.82, 2.24) is 25.9 Å². The number of aromatic nitrogens is 2. The molecule has 0 saturated carbocycles. The highest BCUT2D eigenvalue weighted by Gasteiger charge is 2.58. The van der Waals surface area contributed by atoms with Gasteiger partial charge >= 0.3 is 21.3 Å². The number of rotatable bonds is 18. The number of hydrogen-bond acceptors (Lipinski definition) is 11. The van der Waals surface area contributed by atoms with Gasteiger partial charge in [-0.1, -0.05) is 44.2 Å². The second-order valence-corrected chi connectivity index (χ2v) is 20.5. The van der Waals surface area contributed by atoms with E-state index in [0.717, 1.165) is 12.0 Å². The summed E-state index contributed by atoms with van der Waals surface area (Å²) >= 11 is 0. The maximum atomic E-state index is 14.1. The summed E-state index contributed by atoms with van der Waals surface area (Å²) in [6.45, 7) is 4.28. The summed E-state index contributed by atoms with van der Waals surface area (Å²) in [6, 6.07) is 8.45. The number of ether oxygens (including phenoxy) is 1. The van der Waals surface area contributed by atoms with E-state index < -0.39 is 67.2 Å². The number of hydrogen-bond donors (Lipinski definition) is 8. The highest BCUT2D eigenvalue weighted by atomic mass is 32.3. The van der Waals surface area contributed by atoms with Crippen molar-refractivity contribution in [2.75, 3.05) is 32.1 Å². The number of benzene rings is 1. The molecule has 8 N–H and O–H groups in total. The van der Waals surface area contributed by atoms with Gasteiger partial charge in [0.05, 0.1) is 26.0 Å². The van der Waals surface area contributed by atoms with Crippen LogP contribution in [0.25, 0.3) is 0 Å². The molecule has 0 aliphatic carbocycles. The van der Waals surface area contributed by atoms with Gasteiger partial charge in [-0.3, -0.25) is 32.1 Å². The Balaban J connectivity index is 1.36. The molecule has 54 heavy (non-hydrogen) atoms. The minimum Gasteiger partial charge on any atom is -0.450 e. The molecule has 0 radical (unpaired) electrons. The normalized spacial score (nSPS) is 22.9. The molecule has 1 aromatic carbocycles. The molecular weight excluding hydrogens is 768 g/mol. The van der Waals surface area contributed by atoms with Crippen molar-refractivity contribution in [1.29, 1.82) is 0 Å². The van der Waals surface area contributed by atoms with Crippen LogP contribution in [-0.2, 0) is 33.4 Å². The molecule has 2 aliphatic rings. The summed E-state index contributed by atoms with van der Waals surface area (Å²) in [5.41, 5.74) is 0.946. The van der Waals surface area contributed by atoms with Gasteiger partial charge in [0, 0.05) is 37.5 Å². The first-order valence-electron chi connectivity index (χ1n) is 17.7. The van der Waals surface area contributed by atoms with Crippen LogP contribution in [0.2, 0.25) is 0 Å². The number of aliphatic hydroxyl groups is 1. The SMILES string of the molecule is CC(C)C[C@@H](NC(=O)[C@@H](Cc1ccccc1)NC(=O)c1cnccn1)S12CC(CCO1)C(CCCOC(=O)NCCC(O)(P(=O)(O)O)P(=O)(O)O)CCO2. The van der Waals surface area contributed by atoms with Gasteiger partial charge < -0.3 is 45.4 Å². The van der Waals surface area contributed by atoms with E-state index in [-0.39, 0.29) is 42.4 Å². The van der Waals surface area contributed by atoms with E-state index in [0.29, 0.717) is 44.6 Å². The van der Waals surface area contributed by atoms with Gasteiger partial charge in [0.1, 0.15) is 17.1 Å². The fraction of sp³-hybridized carbons (Fsp3) is 0.606. The number of carbonyl (C=O) groups excluding carboxylic acids is 3. The predicted octanol–water partition coefficient (Wildman–Crippen LogP) is 2.91. The van der Waals surface area contributed by atoms with E-state index in [4.69, 9.17) is 13.1 Å². The quantitative estimate of drug-likeness (QED) is 0.0793. The molecule has 18 nitrogen and oxygen atoms in total. The number of nitrogens with zero attached hydrogens (tertiary/aromatic N) is 2. The van der Waals surface area contributed by atoms with Crippen molar-refractivity contribution in [2.24, 2.45) is 17.8 Å². The van der Waals surface area contributed by atoms with Gasteiger partial charge in [-0.25, -0.2) is 9.78 Å². The highest BCUT2D eigenvalue weighted by molar-refractivity contribution is 8.26. The zero-order chi connectivity index (χ0) is 39.6. The lowest BCUT2D eigenvalue weighted by atomic mass is 9.85. The van der Waals surface area contributed by atoms with Gasteiger partial charge in [-0.2, -0.15) is 10.6 Å². The first-order chi connectivity index (χ1) is 25.4. The molecule has 0 spiro atoms. The van der Waals surface area contributed by atoms with Crippen LogP contribution < -0.4 is 16.0 Å². The molecule has 21 heteroatoms. The summed E-state index contributed by atoms with van der Waals surface area (Å²) in [4.78, 5) is 84.5. The lowest BCUT2D eigenvalue weighted by Gasteiger charge is -2.53. The number of amides is 3. The van der Waals surface area contributed by atoms with Crippen molar-refractivity contribution in [2.45, 2.75) is 75.3 Å². The van der Waals surface area contributed by atoms with Crippen molar-refractivity contribution in [3.63, 3.8) is 0 Å². The molecule has 2 saturated heterocycles. The molecule has 5 atom stereocenters. The van der Waals surface area contributed by atoms with Crippen molar-refractivity contribution in [3.8, 4) is 0 Å². The third-order valence-electron chi connectivity index (χ3n) is 9.39. The topological polar surface area (TPSA) is 276 Å². The van der Waals surface area contributed by atoms with Crippen LogP contribution in [0.5, 0.6) is 0 Å². The molecule has 3 amide bonds. The minimum atomic E-state index is -5.64. The molecule has 2 aromatic rings. The number of alkyl carbamates (subject to hydrolysis) is 1. The zero-order valence-electron chi connectivity index (χ0n) is 30.2. The molecule has 1 aromatic heterocycles. The maximum absolute atomic E-state index is 14.1. The Morgan fingerprint density at radius 2 is 1.70 bits per heavy atom. The first kappa shape index (κ1) is 43.8. The first-order valence-corrected chi connectivity index (χ1v) is 22.6. The second kappa shape index (κ2) is 19.3. The van der Waals surface area contributed by atoms with Gasteiger partial charge in [0.15, 0.2) is 0 Å². The number of nitrogens with one attached hydrogen (secondary N) is 3. The Morgan fingerprint density at radius 3 is 2.33 bits per heavy atom. The van der Waals surface area contributed by atoms with E-state index >= 15 is 0 Å². The highest BCUT2D eigenvalue weighted by Crippen LogP contribution is 2.68. The molecule has 302 valence electrons. The lowest BCUT2D eigenvalue weighted by molar-refractivity contribution is -0.123. The fourth-order valence-corrected chi connectivity index (χ4v) is 12.3. The minimum absolute atomic E-state index is 0.000777. The van der Waals surface area contributed by atoms with E-state index in [9.17, 15) is 48.2 Å². The molecule has 2 aliphatic heterocycles. The Kier molecular flexibility index (Phi) is 15.6. The van der Waals surface area contributed by atoms with Gasteiger partial charge in [0.25, 0.3) is 11.0 Å². The Hall–Kier alpha value is -2.96. The summed E-state index contributed by atoms with van der Waals surface area (Å²) < 4.78 is 41.3. The van der Waals surface area contributed by atoms with Crippen LogP contribution in [0.15, 0.2) is 48.9 Å². The smallest absolute Gasteiger partial charge is 0.407 e. The second-order valence-electron chi connectivity index (χ2n) is 13.8. The average Bonchev–Trinajstić information content (AvgIpc) is 3.23. The molecular formula is C33H51N5O13P2S. The molecule has 2 fully saturated rings. The predicted molar refractivity (Wildman–Crippen MR) is 198 cm³/mol. The summed E-state index contributed by atoms with van der Waals surface area (Å²) in [5.74, 6) is 0.267. The third kappa shape index (κ3) is 11.8. The van der Waals surface area contributed by atoms with Crippen LogP contribution >= 0.6 is 25.8 Å². The van der Waals surface area contributed by atoms with E-state index in [1.54, 1.807) is 0 Å². The standard InChI is InChI=1S/C33H51N5O13P2S/c1-23(2)19-29(38-30(39)27(20-24-7-4-3-5-8-24)37-31(40)28-21-34-14-15-35-28)54-22-26(11-18-51-54)25(10-17-50-54)9-6-16-49-32(41)36-13-12-33(42,52(43,44)45)53(46,47)48/h3-5,7-8,14-15,21,23,25-27,29,42H,6,9-13,16-20,22H2,1-2H3,(H,36,41)(H,37,40)(H,38,39)(H2,43,44,45)(H2,46,47,48)/t25?,26?,27-,29+/m1/s1. The molecule has 3 unspecified atom stereocenters. The van der Waals surface area contributed by atoms with Gasteiger partial charge in [-0.05, 0) is 55.4 Å². The van der Waals surface area contributed by atoms with Crippen molar-refractivity contribution >= 4 is 43.7 Å². The van der Waals surface area contributed by atoms with E-state index in [2.05, 4.69) is 39.8 Å². The number of carbonyl (C=O) groups is 3. The lowest BCUT2D eigenvalue weighted by Crippen LogP contribution is -2.53. The molecule has 2 bridgehead atoms. The Morgan fingerprint density at radius 1 is 1.02 bits per heavy atom. The molecule has 4 rings (SSSR count). The Labute approximate surface area is 315 Å². The van der Waals surface area contributed by atoms with Crippen LogP contribution in [0.4, 0.5) is 4.79 Å². The maximum Gasteiger partial charge on any atom is 0.407 e. The van der Waals surface area contributed by atoms with Crippen molar-refractivity contribution < 1.29 is 61.3 Å². The number of fused-ring (bicyclic) bond motifs is 2. The monoisotopic (exact) mass is 819 g/mol. The van der Waals surface area contributed by atoms with E-state index in [1.807, 2.05) is 30.3 Å². The van der Waals surface area contributed by atoms with E-state index in [1.165, 1.54) is 18.6 Å². The fourth-order valence-electron chi connectivity index (χ4n) is 6.51.